The van der Waals surface area contributed by atoms with Crippen molar-refractivity contribution in [3.8, 4) is 23.0 Å². The van der Waals surface area contributed by atoms with Gasteiger partial charge in [-0.1, -0.05) is 60.7 Å². The summed E-state index contributed by atoms with van der Waals surface area (Å²) >= 11 is 0. The predicted octanol–water partition coefficient (Wildman–Crippen LogP) is 13.2. The summed E-state index contributed by atoms with van der Waals surface area (Å²) in [6, 6.07) is 35.9. The van der Waals surface area contributed by atoms with Crippen molar-refractivity contribution < 1.29 is 87.3 Å². The molecule has 0 saturated carbocycles. The summed E-state index contributed by atoms with van der Waals surface area (Å²) in [6.45, 7) is 1.19. The summed E-state index contributed by atoms with van der Waals surface area (Å²) in [5.74, 6) is 1.02. The maximum Gasteiger partial charge on any atom is 0.416 e. The Balaban J connectivity index is 0.000000507. The summed E-state index contributed by atoms with van der Waals surface area (Å²) in [4.78, 5) is 3.68. The van der Waals surface area contributed by atoms with E-state index in [1.54, 1.807) is 14.1 Å². The lowest BCUT2D eigenvalue weighted by Gasteiger charge is -2.25. The van der Waals surface area contributed by atoms with Gasteiger partial charge in [-0.25, -0.2) is 0 Å². The third-order valence-corrected chi connectivity index (χ3v) is 11.1. The van der Waals surface area contributed by atoms with Gasteiger partial charge in [-0.3, -0.25) is 0 Å². The lowest BCUT2D eigenvalue weighted by molar-refractivity contribution is -0.138. The first kappa shape index (κ1) is 67.2. The quantitative estimate of drug-likeness (QED) is 0.0646. The highest BCUT2D eigenvalue weighted by atomic mass is 35.5. The van der Waals surface area contributed by atoms with Gasteiger partial charge >= 0.3 is 24.7 Å². The molecular weight excluding hydrogens is 1090 g/mol. The molecule has 0 spiro atoms. The predicted molar refractivity (Wildman–Crippen MR) is 271 cm³/mol. The maximum atomic E-state index is 12.9. The van der Waals surface area contributed by atoms with Crippen molar-refractivity contribution in [3.05, 3.63) is 191 Å². The second-order valence-corrected chi connectivity index (χ2v) is 17.2. The first-order valence-electron chi connectivity index (χ1n) is 22.9. The highest BCUT2D eigenvalue weighted by Crippen LogP contribution is 2.35. The van der Waals surface area contributed by atoms with Gasteiger partial charge in [0.1, 0.15) is 60.6 Å². The number of benzene rings is 6. The fourth-order valence-corrected chi connectivity index (χ4v) is 7.24. The first-order chi connectivity index (χ1) is 34.8. The summed E-state index contributed by atoms with van der Waals surface area (Å²) in [5, 5.41) is 20.6. The van der Waals surface area contributed by atoms with Gasteiger partial charge in [-0.15, -0.1) is 24.8 Å². The van der Waals surface area contributed by atoms with Crippen LogP contribution >= 0.6 is 24.8 Å². The minimum absolute atomic E-state index is 0. The largest absolute Gasteiger partial charge is 0.491 e. The van der Waals surface area contributed by atoms with Crippen molar-refractivity contribution in [2.45, 2.75) is 62.0 Å². The third-order valence-electron chi connectivity index (χ3n) is 11.1. The van der Waals surface area contributed by atoms with Gasteiger partial charge in [0, 0.05) is 39.0 Å². The Bertz CT molecular complexity index is 2370. The van der Waals surface area contributed by atoms with Gasteiger partial charge in [0.15, 0.2) is 0 Å². The minimum atomic E-state index is -4.44. The van der Waals surface area contributed by atoms with Gasteiger partial charge < -0.3 is 44.4 Å². The molecule has 0 saturated heterocycles. The van der Waals surface area contributed by atoms with Crippen LogP contribution in [0, 0.1) is 0 Å². The molecule has 4 N–H and O–H groups in total. The molecule has 0 aromatic heterocycles. The molecule has 0 aliphatic rings. The number of ether oxygens (including phenoxy) is 4. The van der Waals surface area contributed by atoms with E-state index in [0.29, 0.717) is 37.4 Å². The Kier molecular flexibility index (Phi) is 26.9. The SMILES string of the molecule is CN(CCC(Oc1ccc(C(F)(F)F)cc1)c1ccccc1)CC(O)COc1ccc(C(F)(F)F)cc1.CN(CCC(Oc1ccc(C(F)(F)F)cc1)c1ccccc1)CC(O)COc1ccc(C(F)(F)F)cc1.Cl.Cl.O. The van der Waals surface area contributed by atoms with Gasteiger partial charge in [-0.05, 0) is 122 Å². The minimum Gasteiger partial charge on any atom is -0.491 e. The number of hydrogen-bond donors (Lipinski definition) is 2. The standard InChI is InChI=1S/2C27H27F6NO3.2ClH.H2O/c2*1-34(17-22(35)18-36-23-11-7-20(8-12-23)26(28,29)30)16-15-25(19-5-3-2-4-6-19)37-24-13-9-21(10-14-24)27(31,32)33;;;/h2*2-14,22,25,35H,15-18H2,1H3;2*1H;1H2. The van der Waals surface area contributed by atoms with E-state index in [-0.39, 0.29) is 68.1 Å². The summed E-state index contributed by atoms with van der Waals surface area (Å²) in [5.41, 5.74) is -1.39. The van der Waals surface area contributed by atoms with Gasteiger partial charge in [0.2, 0.25) is 0 Å². The molecule has 4 unspecified atom stereocenters. The molecule has 0 radical (unpaired) electrons. The molecule has 0 fully saturated rings. The number of likely N-dealkylation sites (N-methyl/N-ethyl adjacent to an activating group) is 2. The zero-order valence-electron chi connectivity index (χ0n) is 41.3. The van der Waals surface area contributed by atoms with Crippen LogP contribution in [0.25, 0.3) is 0 Å². The summed E-state index contributed by atoms with van der Waals surface area (Å²) in [7, 11) is 3.56. The van der Waals surface area contributed by atoms with Crippen molar-refractivity contribution in [1.82, 2.24) is 9.80 Å². The second kappa shape index (κ2) is 30.9. The Morgan fingerprint density at radius 2 is 0.636 bits per heavy atom. The summed E-state index contributed by atoms with van der Waals surface area (Å²) < 4.78 is 176. The average molecular weight is 1150 g/mol. The van der Waals surface area contributed by atoms with E-state index >= 15 is 0 Å². The number of alkyl halides is 12. The van der Waals surface area contributed by atoms with Crippen molar-refractivity contribution in [1.29, 1.82) is 0 Å². The summed E-state index contributed by atoms with van der Waals surface area (Å²) in [6.07, 6.45) is -19.5. The molecule has 0 bridgehead atoms. The van der Waals surface area contributed by atoms with E-state index in [1.807, 2.05) is 70.5 Å². The second-order valence-electron chi connectivity index (χ2n) is 17.2. The number of halogens is 14. The van der Waals surface area contributed by atoms with Crippen molar-refractivity contribution >= 4 is 24.8 Å². The van der Waals surface area contributed by atoms with Crippen molar-refractivity contribution in [3.63, 3.8) is 0 Å². The Labute approximate surface area is 450 Å². The number of nitrogens with zero attached hydrogens (tertiary/aromatic N) is 2. The van der Waals surface area contributed by atoms with Gasteiger partial charge in [0.25, 0.3) is 0 Å². The molecule has 0 aliphatic heterocycles. The van der Waals surface area contributed by atoms with Crippen LogP contribution in [0.2, 0.25) is 0 Å². The van der Waals surface area contributed by atoms with Crippen LogP contribution < -0.4 is 18.9 Å². The molecule has 9 nitrogen and oxygen atoms in total. The molecule has 0 amide bonds. The fraction of sp³-hybridized carbons (Fsp3) is 0.333. The Morgan fingerprint density at radius 3 is 0.883 bits per heavy atom. The topological polar surface area (TPSA) is 115 Å². The van der Waals surface area contributed by atoms with E-state index in [1.165, 1.54) is 48.5 Å². The van der Waals surface area contributed by atoms with Crippen LogP contribution in [0.1, 0.15) is 58.4 Å². The smallest absolute Gasteiger partial charge is 0.416 e. The van der Waals surface area contributed by atoms with Crippen LogP contribution in [0.5, 0.6) is 23.0 Å². The van der Waals surface area contributed by atoms with E-state index in [0.717, 1.165) is 59.7 Å². The van der Waals surface area contributed by atoms with Crippen molar-refractivity contribution in [2.75, 3.05) is 53.5 Å². The number of aliphatic hydroxyl groups is 2. The van der Waals surface area contributed by atoms with Crippen LogP contribution in [0.15, 0.2) is 158 Å². The number of hydrogen-bond acceptors (Lipinski definition) is 8. The van der Waals surface area contributed by atoms with E-state index < -0.39 is 71.4 Å². The first-order valence-corrected chi connectivity index (χ1v) is 22.9. The van der Waals surface area contributed by atoms with Gasteiger partial charge in [0.05, 0.1) is 22.3 Å². The zero-order chi connectivity index (χ0) is 54.1. The Morgan fingerprint density at radius 1 is 0.390 bits per heavy atom. The third kappa shape index (κ3) is 23.3. The van der Waals surface area contributed by atoms with Crippen LogP contribution in [0.3, 0.4) is 0 Å². The van der Waals surface area contributed by atoms with Crippen molar-refractivity contribution in [2.24, 2.45) is 0 Å². The van der Waals surface area contributed by atoms with E-state index in [4.69, 9.17) is 18.9 Å². The highest BCUT2D eigenvalue weighted by Gasteiger charge is 2.33. The lowest BCUT2D eigenvalue weighted by atomic mass is 10.1. The average Bonchev–Trinajstić information content (AvgIpc) is 3.35. The Hall–Kier alpha value is -5.94. The normalized spacial score (nSPS) is 13.3. The number of rotatable bonds is 22. The molecule has 424 valence electrons. The maximum absolute atomic E-state index is 12.9. The fourth-order valence-electron chi connectivity index (χ4n) is 7.24. The molecule has 0 aliphatic carbocycles. The molecule has 0 heterocycles. The molecule has 4 atom stereocenters. The van der Waals surface area contributed by atoms with E-state index in [2.05, 4.69) is 0 Å². The highest BCUT2D eigenvalue weighted by molar-refractivity contribution is 5.85. The molecule has 23 heteroatoms. The molecule has 6 aromatic carbocycles. The molecule has 6 rings (SSSR count). The van der Waals surface area contributed by atoms with Crippen LogP contribution in [0.4, 0.5) is 52.7 Å². The number of aliphatic hydroxyl groups excluding tert-OH is 2. The molecule has 77 heavy (non-hydrogen) atoms. The molecule has 6 aromatic rings. The lowest BCUT2D eigenvalue weighted by Crippen LogP contribution is -2.34. The zero-order valence-corrected chi connectivity index (χ0v) is 42.9. The van der Waals surface area contributed by atoms with Crippen LogP contribution in [-0.4, -0.2) is 91.2 Å². The van der Waals surface area contributed by atoms with Crippen LogP contribution in [-0.2, 0) is 24.7 Å². The van der Waals surface area contributed by atoms with Gasteiger partial charge in [-0.2, -0.15) is 52.7 Å². The van der Waals surface area contributed by atoms with E-state index in [9.17, 15) is 62.9 Å². The monoisotopic (exact) mass is 1140 g/mol. The molecular formula is C54H58Cl2F12N2O7.